The van der Waals surface area contributed by atoms with Crippen molar-refractivity contribution in [3.05, 3.63) is 60.2 Å². The summed E-state index contributed by atoms with van der Waals surface area (Å²) in [6.07, 6.45) is 1.53. The first-order valence-corrected chi connectivity index (χ1v) is 7.06. The third-order valence-electron chi connectivity index (χ3n) is 2.99. The molecule has 0 aliphatic heterocycles. The van der Waals surface area contributed by atoms with Crippen LogP contribution in [0.3, 0.4) is 0 Å². The van der Waals surface area contributed by atoms with Crippen LogP contribution in [0.1, 0.15) is 11.5 Å². The van der Waals surface area contributed by atoms with Gasteiger partial charge >= 0.3 is 0 Å². The van der Waals surface area contributed by atoms with E-state index < -0.39 is 0 Å². The molecule has 3 aromatic rings. The molecule has 0 aliphatic rings. The van der Waals surface area contributed by atoms with Gasteiger partial charge in [0.2, 0.25) is 17.6 Å². The van der Waals surface area contributed by atoms with Crippen LogP contribution in [-0.2, 0) is 22.7 Å². The quantitative estimate of drug-likeness (QED) is 0.719. The predicted molar refractivity (Wildman–Crippen MR) is 79.9 cm³/mol. The molecule has 0 fully saturated rings. The first-order chi connectivity index (χ1) is 11.3. The molecule has 1 amide bonds. The molecule has 2 heterocycles. The molecule has 0 spiro atoms. The molecule has 0 aliphatic carbocycles. The molecule has 23 heavy (non-hydrogen) atoms. The van der Waals surface area contributed by atoms with Gasteiger partial charge in [-0.25, -0.2) is 0 Å². The lowest BCUT2D eigenvalue weighted by atomic mass is 10.2. The summed E-state index contributed by atoms with van der Waals surface area (Å²) in [5.41, 5.74) is 1.01. The van der Waals surface area contributed by atoms with Crippen molar-refractivity contribution in [1.82, 2.24) is 15.5 Å². The largest absolute Gasteiger partial charge is 0.461 e. The zero-order chi connectivity index (χ0) is 15.9. The number of rotatable bonds is 7. The molecule has 0 bridgehead atoms. The van der Waals surface area contributed by atoms with E-state index in [4.69, 9.17) is 13.7 Å². The third kappa shape index (κ3) is 4.27. The topological polar surface area (TPSA) is 90.4 Å². The Labute approximate surface area is 132 Å². The highest BCUT2D eigenvalue weighted by molar-refractivity contribution is 5.77. The molecular formula is C16H15N3O4. The number of hydrogen-bond acceptors (Lipinski definition) is 6. The third-order valence-corrected chi connectivity index (χ3v) is 2.99. The van der Waals surface area contributed by atoms with Crippen LogP contribution in [0, 0.1) is 0 Å². The summed E-state index contributed by atoms with van der Waals surface area (Å²) in [7, 11) is 0. The van der Waals surface area contributed by atoms with Gasteiger partial charge in [-0.2, -0.15) is 4.98 Å². The lowest BCUT2D eigenvalue weighted by Gasteiger charge is -2.04. The van der Waals surface area contributed by atoms with E-state index in [1.165, 1.54) is 6.26 Å². The summed E-state index contributed by atoms with van der Waals surface area (Å²) in [5, 5.41) is 6.43. The Hall–Kier alpha value is -2.93. The van der Waals surface area contributed by atoms with Crippen LogP contribution in [0.25, 0.3) is 11.6 Å². The molecule has 0 unspecified atom stereocenters. The molecule has 1 N–H and O–H groups in total. The summed E-state index contributed by atoms with van der Waals surface area (Å²) in [5.74, 6) is 0.906. The number of aromatic nitrogens is 2. The fraction of sp³-hybridized carbons (Fsp3) is 0.188. The van der Waals surface area contributed by atoms with E-state index in [0.29, 0.717) is 24.1 Å². The summed E-state index contributed by atoms with van der Waals surface area (Å²) in [6, 6.07) is 13.1. The van der Waals surface area contributed by atoms with Gasteiger partial charge in [-0.15, -0.1) is 0 Å². The van der Waals surface area contributed by atoms with Crippen molar-refractivity contribution in [2.24, 2.45) is 0 Å². The van der Waals surface area contributed by atoms with Crippen LogP contribution >= 0.6 is 0 Å². The van der Waals surface area contributed by atoms with E-state index in [-0.39, 0.29) is 19.1 Å². The number of carbonyl (C=O) groups is 1. The van der Waals surface area contributed by atoms with Crippen molar-refractivity contribution >= 4 is 5.91 Å². The molecule has 1 aromatic carbocycles. The molecule has 0 saturated carbocycles. The highest BCUT2D eigenvalue weighted by Gasteiger charge is 2.11. The fourth-order valence-corrected chi connectivity index (χ4v) is 1.89. The van der Waals surface area contributed by atoms with Crippen molar-refractivity contribution in [2.45, 2.75) is 13.2 Å². The Morgan fingerprint density at radius 3 is 2.83 bits per heavy atom. The van der Waals surface area contributed by atoms with Crippen LogP contribution in [0.5, 0.6) is 0 Å². The van der Waals surface area contributed by atoms with Gasteiger partial charge in [-0.1, -0.05) is 35.5 Å². The average Bonchev–Trinajstić information content (AvgIpc) is 3.25. The van der Waals surface area contributed by atoms with Crippen molar-refractivity contribution in [1.29, 1.82) is 0 Å². The summed E-state index contributed by atoms with van der Waals surface area (Å²) in [6.45, 7) is 0.493. The second kappa shape index (κ2) is 7.37. The number of hydrogen-bond donors (Lipinski definition) is 1. The predicted octanol–water partition coefficient (Wildman–Crippen LogP) is 2.16. The van der Waals surface area contributed by atoms with E-state index >= 15 is 0 Å². The minimum absolute atomic E-state index is 0.0337. The second-order valence-corrected chi connectivity index (χ2v) is 4.74. The van der Waals surface area contributed by atoms with Gasteiger partial charge in [0.05, 0.1) is 19.4 Å². The first-order valence-electron chi connectivity index (χ1n) is 7.06. The molecule has 0 saturated heterocycles. The van der Waals surface area contributed by atoms with Crippen LogP contribution in [0.4, 0.5) is 0 Å². The molecule has 7 heteroatoms. The van der Waals surface area contributed by atoms with E-state index in [2.05, 4.69) is 15.5 Å². The van der Waals surface area contributed by atoms with Crippen molar-refractivity contribution in [2.75, 3.05) is 6.61 Å². The Morgan fingerprint density at radius 1 is 1.17 bits per heavy atom. The van der Waals surface area contributed by atoms with Crippen molar-refractivity contribution < 1.29 is 18.5 Å². The number of nitrogens with one attached hydrogen (secondary N) is 1. The zero-order valence-corrected chi connectivity index (χ0v) is 12.3. The lowest BCUT2D eigenvalue weighted by molar-refractivity contribution is -0.126. The second-order valence-electron chi connectivity index (χ2n) is 4.74. The van der Waals surface area contributed by atoms with E-state index in [9.17, 15) is 4.79 Å². The highest BCUT2D eigenvalue weighted by atomic mass is 16.5. The molecule has 2 aromatic heterocycles. The van der Waals surface area contributed by atoms with Gasteiger partial charge in [0.1, 0.15) is 6.61 Å². The SMILES string of the molecule is O=C(COCc1ccccc1)NCc1nc(-c2ccco2)no1. The lowest BCUT2D eigenvalue weighted by Crippen LogP contribution is -2.27. The van der Waals surface area contributed by atoms with E-state index in [1.807, 2.05) is 30.3 Å². The number of carbonyl (C=O) groups excluding carboxylic acids is 1. The molecule has 0 atom stereocenters. The van der Waals surface area contributed by atoms with Crippen LogP contribution in [0.2, 0.25) is 0 Å². The Morgan fingerprint density at radius 2 is 2.04 bits per heavy atom. The zero-order valence-electron chi connectivity index (χ0n) is 12.3. The number of ether oxygens (including phenoxy) is 1. The minimum atomic E-state index is -0.251. The Balaban J connectivity index is 1.41. The maximum absolute atomic E-state index is 11.7. The number of furan rings is 1. The normalized spacial score (nSPS) is 10.6. The van der Waals surface area contributed by atoms with Gasteiger partial charge in [0.15, 0.2) is 5.76 Å². The van der Waals surface area contributed by atoms with Gasteiger partial charge in [-0.3, -0.25) is 4.79 Å². The standard InChI is InChI=1S/C16H15N3O4/c20-14(11-21-10-12-5-2-1-3-6-12)17-9-15-18-16(19-23-15)13-7-4-8-22-13/h1-8H,9-11H2,(H,17,20). The van der Waals surface area contributed by atoms with E-state index in [0.717, 1.165) is 5.56 Å². The van der Waals surface area contributed by atoms with Gasteiger partial charge in [0.25, 0.3) is 0 Å². The average molecular weight is 313 g/mol. The fourth-order valence-electron chi connectivity index (χ4n) is 1.89. The van der Waals surface area contributed by atoms with Gasteiger partial charge in [0, 0.05) is 0 Å². The summed E-state index contributed by atoms with van der Waals surface area (Å²) >= 11 is 0. The molecule has 7 nitrogen and oxygen atoms in total. The smallest absolute Gasteiger partial charge is 0.246 e. The van der Waals surface area contributed by atoms with Crippen LogP contribution < -0.4 is 5.32 Å². The summed E-state index contributed by atoms with van der Waals surface area (Å²) < 4.78 is 15.5. The maximum Gasteiger partial charge on any atom is 0.246 e. The molecule has 0 radical (unpaired) electrons. The number of amides is 1. The van der Waals surface area contributed by atoms with Crippen molar-refractivity contribution in [3.63, 3.8) is 0 Å². The maximum atomic E-state index is 11.7. The minimum Gasteiger partial charge on any atom is -0.461 e. The first kappa shape index (κ1) is 15.0. The Bertz CT molecular complexity index is 738. The van der Waals surface area contributed by atoms with E-state index in [1.54, 1.807) is 12.1 Å². The van der Waals surface area contributed by atoms with Gasteiger partial charge < -0.3 is 19.0 Å². The number of nitrogens with zero attached hydrogens (tertiary/aromatic N) is 2. The van der Waals surface area contributed by atoms with Crippen LogP contribution in [-0.4, -0.2) is 22.7 Å². The monoisotopic (exact) mass is 313 g/mol. The number of benzene rings is 1. The Kier molecular flexibility index (Phi) is 4.80. The molecule has 3 rings (SSSR count). The summed E-state index contributed by atoms with van der Waals surface area (Å²) in [4.78, 5) is 15.8. The molecular weight excluding hydrogens is 298 g/mol. The van der Waals surface area contributed by atoms with Gasteiger partial charge in [-0.05, 0) is 17.7 Å². The highest BCUT2D eigenvalue weighted by Crippen LogP contribution is 2.15. The van der Waals surface area contributed by atoms with Crippen molar-refractivity contribution in [3.8, 4) is 11.6 Å². The van der Waals surface area contributed by atoms with Crippen LogP contribution in [0.15, 0.2) is 57.7 Å². The molecule has 118 valence electrons.